The van der Waals surface area contributed by atoms with Gasteiger partial charge in [0.25, 0.3) is 0 Å². The molecule has 2 aromatic carbocycles. The number of anilines is 2. The van der Waals surface area contributed by atoms with Crippen molar-refractivity contribution < 1.29 is 13.9 Å². The molecule has 0 aliphatic carbocycles. The Morgan fingerprint density at radius 2 is 2.05 bits per heavy atom. The lowest BCUT2D eigenvalue weighted by Crippen LogP contribution is -2.22. The van der Waals surface area contributed by atoms with Crippen LogP contribution in [0.5, 0.6) is 5.75 Å². The zero-order valence-corrected chi connectivity index (χ0v) is 12.9. The minimum atomic E-state index is -0.462. The van der Waals surface area contributed by atoms with Crippen molar-refractivity contribution in [3.05, 3.63) is 52.8 Å². The maximum absolute atomic E-state index is 13.4. The highest BCUT2D eigenvalue weighted by Gasteiger charge is 2.07. The van der Waals surface area contributed by atoms with E-state index >= 15 is 0 Å². The molecule has 0 atom stereocenters. The highest BCUT2D eigenvalue weighted by Crippen LogP contribution is 2.27. The van der Waals surface area contributed by atoms with Crippen LogP contribution < -0.4 is 15.4 Å². The van der Waals surface area contributed by atoms with E-state index in [2.05, 4.69) is 26.6 Å². The molecule has 0 aromatic heterocycles. The number of methoxy groups -OCH3 is 1. The third-order valence-electron chi connectivity index (χ3n) is 2.75. The number of amides is 1. The number of para-hydroxylation sites is 1. The maximum atomic E-state index is 13.4. The summed E-state index contributed by atoms with van der Waals surface area (Å²) < 4.78 is 19.4. The summed E-state index contributed by atoms with van der Waals surface area (Å²) in [7, 11) is 1.56. The summed E-state index contributed by atoms with van der Waals surface area (Å²) in [4.78, 5) is 11.8. The molecule has 1 amide bonds. The normalized spacial score (nSPS) is 10.0. The molecular weight excluding hydrogens is 339 g/mol. The molecule has 2 rings (SSSR count). The lowest BCUT2D eigenvalue weighted by Gasteiger charge is -2.10. The number of rotatable bonds is 5. The predicted molar refractivity (Wildman–Crippen MR) is 84.2 cm³/mol. The minimum absolute atomic E-state index is 0.0269. The van der Waals surface area contributed by atoms with Crippen molar-refractivity contribution in [2.75, 3.05) is 24.3 Å². The van der Waals surface area contributed by atoms with Gasteiger partial charge < -0.3 is 15.4 Å². The summed E-state index contributed by atoms with van der Waals surface area (Å²) in [5.41, 5.74) is 0.899. The van der Waals surface area contributed by atoms with Crippen LogP contribution in [0.3, 0.4) is 0 Å². The topological polar surface area (TPSA) is 50.4 Å². The van der Waals surface area contributed by atoms with Crippen LogP contribution in [0, 0.1) is 5.82 Å². The van der Waals surface area contributed by atoms with Gasteiger partial charge in [0.05, 0.1) is 23.8 Å². The average molecular weight is 353 g/mol. The third kappa shape index (κ3) is 4.19. The fraction of sp³-hybridized carbons (Fsp3) is 0.133. The Hall–Kier alpha value is -2.08. The van der Waals surface area contributed by atoms with E-state index in [1.54, 1.807) is 25.3 Å². The Bertz CT molecular complexity index is 649. The quantitative estimate of drug-likeness (QED) is 0.863. The van der Waals surface area contributed by atoms with Crippen LogP contribution in [0.15, 0.2) is 46.9 Å². The molecule has 0 aliphatic heterocycles. The zero-order valence-electron chi connectivity index (χ0n) is 11.3. The highest BCUT2D eigenvalue weighted by atomic mass is 79.9. The molecule has 2 N–H and O–H groups in total. The molecule has 0 fully saturated rings. The third-order valence-corrected chi connectivity index (χ3v) is 3.41. The number of carbonyl (C=O) groups excluding carboxylic acids is 1. The molecule has 0 spiro atoms. The molecule has 0 bridgehead atoms. The van der Waals surface area contributed by atoms with Crippen LogP contribution in [0.25, 0.3) is 0 Å². The van der Waals surface area contributed by atoms with Crippen LogP contribution >= 0.6 is 15.9 Å². The molecule has 110 valence electrons. The Morgan fingerprint density at radius 1 is 1.29 bits per heavy atom. The van der Waals surface area contributed by atoms with Gasteiger partial charge in [-0.25, -0.2) is 4.39 Å². The summed E-state index contributed by atoms with van der Waals surface area (Å²) in [5.74, 6) is -0.132. The number of hydrogen-bond donors (Lipinski definition) is 2. The first kappa shape index (κ1) is 15.3. The molecule has 0 heterocycles. The van der Waals surface area contributed by atoms with E-state index in [0.717, 1.165) is 10.2 Å². The molecule has 6 heteroatoms. The van der Waals surface area contributed by atoms with E-state index in [4.69, 9.17) is 4.74 Å². The number of carbonyl (C=O) groups is 1. The van der Waals surface area contributed by atoms with Gasteiger partial charge in [-0.3, -0.25) is 4.79 Å². The van der Waals surface area contributed by atoms with Gasteiger partial charge in [-0.05, 0) is 40.2 Å². The Kier molecular flexibility index (Phi) is 5.16. The fourth-order valence-electron chi connectivity index (χ4n) is 1.71. The highest BCUT2D eigenvalue weighted by molar-refractivity contribution is 9.10. The lowest BCUT2D eigenvalue weighted by atomic mass is 10.3. The Labute approximate surface area is 130 Å². The number of nitrogens with one attached hydrogen (secondary N) is 2. The van der Waals surface area contributed by atoms with Gasteiger partial charge in [0.1, 0.15) is 11.6 Å². The molecule has 0 saturated heterocycles. The first-order chi connectivity index (χ1) is 10.1. The number of halogens is 2. The van der Waals surface area contributed by atoms with Crippen molar-refractivity contribution in [2.24, 2.45) is 0 Å². The first-order valence-electron chi connectivity index (χ1n) is 6.22. The van der Waals surface area contributed by atoms with Crippen molar-refractivity contribution >= 4 is 33.2 Å². The van der Waals surface area contributed by atoms with Crippen LogP contribution in [-0.2, 0) is 4.79 Å². The molecule has 4 nitrogen and oxygen atoms in total. The van der Waals surface area contributed by atoms with E-state index in [9.17, 15) is 9.18 Å². The van der Waals surface area contributed by atoms with Crippen LogP contribution in [0.4, 0.5) is 15.8 Å². The number of hydrogen-bond acceptors (Lipinski definition) is 3. The number of ether oxygens (including phenoxy) is 1. The van der Waals surface area contributed by atoms with Crippen molar-refractivity contribution in [3.8, 4) is 5.75 Å². The Balaban J connectivity index is 1.94. The van der Waals surface area contributed by atoms with Crippen LogP contribution in [0.2, 0.25) is 0 Å². The molecule has 21 heavy (non-hydrogen) atoms. The van der Waals surface area contributed by atoms with Crippen LogP contribution in [0.1, 0.15) is 0 Å². The van der Waals surface area contributed by atoms with Crippen molar-refractivity contribution in [3.63, 3.8) is 0 Å². The minimum Gasteiger partial charge on any atom is -0.495 e. The van der Waals surface area contributed by atoms with E-state index in [-0.39, 0.29) is 18.1 Å². The van der Waals surface area contributed by atoms with Gasteiger partial charge in [0.15, 0.2) is 0 Å². The Morgan fingerprint density at radius 3 is 2.76 bits per heavy atom. The zero-order chi connectivity index (χ0) is 15.2. The second-order valence-corrected chi connectivity index (χ2v) is 5.09. The van der Waals surface area contributed by atoms with Gasteiger partial charge in [0.2, 0.25) is 5.91 Å². The molecular formula is C15H14BrFN2O2. The molecule has 0 unspecified atom stereocenters. The summed E-state index contributed by atoms with van der Waals surface area (Å²) >= 11 is 3.35. The fourth-order valence-corrected chi connectivity index (χ4v) is 2.12. The molecule has 0 radical (unpaired) electrons. The van der Waals surface area contributed by atoms with Crippen molar-refractivity contribution in [2.45, 2.75) is 0 Å². The number of benzene rings is 2. The standard InChI is InChI=1S/C15H14BrFN2O2/c1-21-14-8-10(6-7-11(14)16)18-9-15(20)19-13-5-3-2-4-12(13)17/h2-8,18H,9H2,1H3,(H,19,20). The second-order valence-electron chi connectivity index (χ2n) is 4.23. The maximum Gasteiger partial charge on any atom is 0.243 e. The summed E-state index contributed by atoms with van der Waals surface area (Å²) in [6.45, 7) is 0.0269. The monoisotopic (exact) mass is 352 g/mol. The van der Waals surface area contributed by atoms with E-state index in [1.807, 2.05) is 12.1 Å². The lowest BCUT2D eigenvalue weighted by molar-refractivity contribution is -0.114. The van der Waals surface area contributed by atoms with E-state index in [1.165, 1.54) is 12.1 Å². The smallest absolute Gasteiger partial charge is 0.243 e. The van der Waals surface area contributed by atoms with Gasteiger partial charge in [-0.15, -0.1) is 0 Å². The van der Waals surface area contributed by atoms with E-state index in [0.29, 0.717) is 5.75 Å². The molecule has 0 saturated carbocycles. The van der Waals surface area contributed by atoms with Gasteiger partial charge in [0, 0.05) is 11.8 Å². The average Bonchev–Trinajstić information content (AvgIpc) is 2.49. The summed E-state index contributed by atoms with van der Waals surface area (Å²) in [6.07, 6.45) is 0. The van der Waals surface area contributed by atoms with Crippen LogP contribution in [-0.4, -0.2) is 19.6 Å². The van der Waals surface area contributed by atoms with Crippen molar-refractivity contribution in [1.29, 1.82) is 0 Å². The van der Waals surface area contributed by atoms with Gasteiger partial charge in [-0.1, -0.05) is 12.1 Å². The largest absolute Gasteiger partial charge is 0.495 e. The van der Waals surface area contributed by atoms with Gasteiger partial charge in [-0.2, -0.15) is 0 Å². The first-order valence-corrected chi connectivity index (χ1v) is 7.01. The summed E-state index contributed by atoms with van der Waals surface area (Å²) in [5, 5.41) is 5.45. The van der Waals surface area contributed by atoms with Gasteiger partial charge >= 0.3 is 0 Å². The second kappa shape index (κ2) is 7.08. The molecule has 0 aliphatic rings. The summed E-state index contributed by atoms with van der Waals surface area (Å²) in [6, 6.07) is 11.4. The SMILES string of the molecule is COc1cc(NCC(=O)Nc2ccccc2F)ccc1Br. The molecule has 2 aromatic rings. The van der Waals surface area contributed by atoms with Crippen molar-refractivity contribution in [1.82, 2.24) is 0 Å². The predicted octanol–water partition coefficient (Wildman–Crippen LogP) is 3.65. The van der Waals surface area contributed by atoms with E-state index < -0.39 is 5.82 Å².